The summed E-state index contributed by atoms with van der Waals surface area (Å²) < 4.78 is 0. The Kier molecular flexibility index (Phi) is 2.24. The first kappa shape index (κ1) is 8.46. The molecule has 1 N–H and O–H groups in total. The number of hydrogen-bond acceptors (Lipinski definition) is 2. The number of nitrogens with one attached hydrogen (secondary N) is 1. The van der Waals surface area contributed by atoms with E-state index in [9.17, 15) is 9.59 Å². The van der Waals surface area contributed by atoms with Gasteiger partial charge in [-0.15, -0.1) is 0 Å². The fourth-order valence-corrected chi connectivity index (χ4v) is 0.849. The van der Waals surface area contributed by atoms with E-state index in [-0.39, 0.29) is 5.57 Å². The number of rotatable bonds is 1. The second-order valence-electron chi connectivity index (χ2n) is 2.37. The van der Waals surface area contributed by atoms with Crippen LogP contribution < -0.4 is 5.32 Å². The van der Waals surface area contributed by atoms with E-state index in [0.29, 0.717) is 5.70 Å². The lowest BCUT2D eigenvalue weighted by Gasteiger charge is -1.91. The van der Waals surface area contributed by atoms with Crippen molar-refractivity contribution >= 4 is 11.7 Å². The van der Waals surface area contributed by atoms with Crippen molar-refractivity contribution in [2.24, 2.45) is 0 Å². The summed E-state index contributed by atoms with van der Waals surface area (Å²) in [4.78, 5) is 21.7. The summed E-state index contributed by atoms with van der Waals surface area (Å²) in [7, 11) is 0. The lowest BCUT2D eigenvalue weighted by atomic mass is 10.2. The van der Waals surface area contributed by atoms with Gasteiger partial charge in [-0.25, -0.2) is 0 Å². The number of carbonyl (C=O) groups excluding carboxylic acids is 2. The third-order valence-corrected chi connectivity index (χ3v) is 1.51. The van der Waals surface area contributed by atoms with Crippen LogP contribution in [0.4, 0.5) is 0 Å². The maximum atomic E-state index is 10.9. The molecule has 1 fully saturated rings. The molecular weight excluding hydrogens is 154 g/mol. The monoisotopic (exact) mass is 163 g/mol. The standard InChI is InChI=1S/C9H9NO2/c1-3-4-5-7-6(2)8(11)9(12)10-7/h3-5H,2H2,1H3,(H,10,12)/b4-3-,7-5+. The van der Waals surface area contributed by atoms with Gasteiger partial charge in [-0.3, -0.25) is 9.59 Å². The van der Waals surface area contributed by atoms with Gasteiger partial charge in [0.05, 0.1) is 5.70 Å². The molecule has 0 aromatic carbocycles. The van der Waals surface area contributed by atoms with Crippen molar-refractivity contribution in [3.05, 3.63) is 36.1 Å². The molecule has 1 heterocycles. The molecule has 62 valence electrons. The highest BCUT2D eigenvalue weighted by Crippen LogP contribution is 2.12. The van der Waals surface area contributed by atoms with Crippen LogP contribution in [0.25, 0.3) is 0 Å². The molecule has 1 aliphatic rings. The molecule has 1 amide bonds. The van der Waals surface area contributed by atoms with Crippen LogP contribution in [0.2, 0.25) is 0 Å². The summed E-state index contributed by atoms with van der Waals surface area (Å²) in [5, 5.41) is 2.41. The normalized spacial score (nSPS) is 21.1. The lowest BCUT2D eigenvalue weighted by Crippen LogP contribution is -2.17. The SMILES string of the molecule is C=C1C(=O)C(=O)N/C1=C/C=C\C. The minimum atomic E-state index is -0.601. The van der Waals surface area contributed by atoms with Crippen LogP contribution >= 0.6 is 0 Å². The van der Waals surface area contributed by atoms with Gasteiger partial charge in [-0.1, -0.05) is 18.7 Å². The summed E-state index contributed by atoms with van der Waals surface area (Å²) in [6.45, 7) is 5.33. The van der Waals surface area contributed by atoms with Crippen molar-refractivity contribution in [3.8, 4) is 0 Å². The summed E-state index contributed by atoms with van der Waals surface area (Å²) >= 11 is 0. The molecule has 0 radical (unpaired) electrons. The summed E-state index contributed by atoms with van der Waals surface area (Å²) in [5.41, 5.74) is 0.723. The Hall–Kier alpha value is -1.64. The topological polar surface area (TPSA) is 46.2 Å². The fraction of sp³-hybridized carbons (Fsp3) is 0.111. The zero-order valence-corrected chi connectivity index (χ0v) is 6.76. The predicted octanol–water partition coefficient (Wildman–Crippen LogP) is 0.702. The average Bonchev–Trinajstić information content (AvgIpc) is 2.30. The van der Waals surface area contributed by atoms with E-state index < -0.39 is 11.7 Å². The number of allylic oxidation sites excluding steroid dienone is 4. The Bertz CT molecular complexity index is 310. The van der Waals surface area contributed by atoms with Crippen LogP contribution in [0.3, 0.4) is 0 Å². The quantitative estimate of drug-likeness (QED) is 0.457. The van der Waals surface area contributed by atoms with Gasteiger partial charge in [0.1, 0.15) is 0 Å². The van der Waals surface area contributed by atoms with E-state index in [1.54, 1.807) is 18.2 Å². The molecule has 1 rings (SSSR count). The highest BCUT2D eigenvalue weighted by atomic mass is 16.2. The summed E-state index contributed by atoms with van der Waals surface area (Å²) in [6, 6.07) is 0. The van der Waals surface area contributed by atoms with Crippen LogP contribution in [0, 0.1) is 0 Å². The molecule has 1 saturated heterocycles. The van der Waals surface area contributed by atoms with Crippen LogP contribution in [0.5, 0.6) is 0 Å². The highest BCUT2D eigenvalue weighted by molar-refractivity contribution is 6.47. The highest BCUT2D eigenvalue weighted by Gasteiger charge is 2.28. The fourth-order valence-electron chi connectivity index (χ4n) is 0.849. The molecule has 0 aromatic heterocycles. The summed E-state index contributed by atoms with van der Waals surface area (Å²) in [6.07, 6.45) is 5.18. The molecule has 1 aliphatic heterocycles. The van der Waals surface area contributed by atoms with Crippen LogP contribution in [-0.4, -0.2) is 11.7 Å². The van der Waals surface area contributed by atoms with Crippen molar-refractivity contribution in [1.82, 2.24) is 5.32 Å². The Morgan fingerprint density at radius 3 is 2.50 bits per heavy atom. The maximum absolute atomic E-state index is 10.9. The number of ketones is 1. The van der Waals surface area contributed by atoms with Gasteiger partial charge in [0.25, 0.3) is 11.7 Å². The second-order valence-corrected chi connectivity index (χ2v) is 2.37. The third-order valence-electron chi connectivity index (χ3n) is 1.51. The number of Topliss-reactive ketones (excluding diaryl/α,β-unsaturated/α-hetero) is 1. The third kappa shape index (κ3) is 1.34. The van der Waals surface area contributed by atoms with Gasteiger partial charge < -0.3 is 5.32 Å². The van der Waals surface area contributed by atoms with E-state index in [4.69, 9.17) is 0 Å². The van der Waals surface area contributed by atoms with Gasteiger partial charge in [0.2, 0.25) is 0 Å². The van der Waals surface area contributed by atoms with Crippen LogP contribution in [0.1, 0.15) is 6.92 Å². The van der Waals surface area contributed by atoms with E-state index in [2.05, 4.69) is 11.9 Å². The molecule has 0 aliphatic carbocycles. The van der Waals surface area contributed by atoms with Crippen molar-refractivity contribution in [1.29, 1.82) is 0 Å². The van der Waals surface area contributed by atoms with E-state index >= 15 is 0 Å². The zero-order valence-electron chi connectivity index (χ0n) is 6.76. The molecule has 3 nitrogen and oxygen atoms in total. The van der Waals surface area contributed by atoms with Crippen LogP contribution in [0.15, 0.2) is 36.1 Å². The van der Waals surface area contributed by atoms with Gasteiger partial charge in [0, 0.05) is 5.57 Å². The average molecular weight is 163 g/mol. The zero-order chi connectivity index (χ0) is 9.14. The van der Waals surface area contributed by atoms with Gasteiger partial charge in [-0.05, 0) is 13.0 Å². The number of amides is 1. The smallest absolute Gasteiger partial charge is 0.296 e. The van der Waals surface area contributed by atoms with Crippen molar-refractivity contribution in [3.63, 3.8) is 0 Å². The molecule has 0 atom stereocenters. The largest absolute Gasteiger partial charge is 0.318 e. The number of carbonyl (C=O) groups is 2. The minimum Gasteiger partial charge on any atom is -0.318 e. The van der Waals surface area contributed by atoms with Crippen LogP contribution in [-0.2, 0) is 9.59 Å². The molecular formula is C9H9NO2. The lowest BCUT2D eigenvalue weighted by molar-refractivity contribution is -0.133. The van der Waals surface area contributed by atoms with Crippen molar-refractivity contribution < 1.29 is 9.59 Å². The minimum absolute atomic E-state index is 0.234. The predicted molar refractivity (Wildman–Crippen MR) is 45.2 cm³/mol. The maximum Gasteiger partial charge on any atom is 0.296 e. The van der Waals surface area contributed by atoms with Gasteiger partial charge in [-0.2, -0.15) is 0 Å². The first-order valence-corrected chi connectivity index (χ1v) is 3.54. The molecule has 0 spiro atoms. The van der Waals surface area contributed by atoms with Gasteiger partial charge in [0.15, 0.2) is 0 Å². The Labute approximate surface area is 70.5 Å². The first-order valence-electron chi connectivity index (χ1n) is 3.54. The molecule has 0 saturated carbocycles. The molecule has 0 aromatic rings. The molecule has 0 unspecified atom stereocenters. The second kappa shape index (κ2) is 3.17. The van der Waals surface area contributed by atoms with E-state index in [1.165, 1.54) is 0 Å². The van der Waals surface area contributed by atoms with Crippen molar-refractivity contribution in [2.45, 2.75) is 6.92 Å². The Morgan fingerprint density at radius 2 is 2.08 bits per heavy atom. The summed E-state index contributed by atoms with van der Waals surface area (Å²) in [5.74, 6) is -1.15. The van der Waals surface area contributed by atoms with Crippen molar-refractivity contribution in [2.75, 3.05) is 0 Å². The molecule has 3 heteroatoms. The van der Waals surface area contributed by atoms with Gasteiger partial charge >= 0.3 is 0 Å². The molecule has 0 bridgehead atoms. The number of hydrogen-bond donors (Lipinski definition) is 1. The Balaban J connectivity index is 2.92. The van der Waals surface area contributed by atoms with E-state index in [0.717, 1.165) is 0 Å². The Morgan fingerprint density at radius 1 is 1.42 bits per heavy atom. The molecule has 12 heavy (non-hydrogen) atoms. The van der Waals surface area contributed by atoms with E-state index in [1.807, 2.05) is 6.92 Å². The first-order chi connectivity index (χ1) is 5.66.